The number of carbonyl (C=O) groups is 2. The summed E-state index contributed by atoms with van der Waals surface area (Å²) in [7, 11) is 0. The van der Waals surface area contributed by atoms with E-state index in [1.807, 2.05) is 0 Å². The third kappa shape index (κ3) is 3.06. The van der Waals surface area contributed by atoms with Crippen LogP contribution in [0.15, 0.2) is 30.3 Å². The number of rotatable bonds is 4. The first-order valence-corrected chi connectivity index (χ1v) is 6.60. The van der Waals surface area contributed by atoms with Gasteiger partial charge in [-0.2, -0.15) is 0 Å². The average molecular weight is 306 g/mol. The Bertz CT molecular complexity index is 738. The molecule has 2 N–H and O–H groups in total. The molecule has 2 rings (SSSR count). The summed E-state index contributed by atoms with van der Waals surface area (Å²) >= 11 is 0.757. The maximum atomic E-state index is 12.0. The number of amides is 1. The fraction of sp³-hybridized carbons (Fsp3) is 0.0769. The van der Waals surface area contributed by atoms with E-state index in [1.165, 1.54) is 24.3 Å². The van der Waals surface area contributed by atoms with Crippen LogP contribution in [0.3, 0.4) is 0 Å². The number of hydrogen-bond donors (Lipinski definition) is 2. The number of anilines is 1. The number of nitrogens with one attached hydrogen (secondary N) is 1. The van der Waals surface area contributed by atoms with E-state index in [0.29, 0.717) is 11.3 Å². The van der Waals surface area contributed by atoms with Crippen LogP contribution in [-0.4, -0.2) is 21.9 Å². The number of carboxylic acid groups (broad SMARTS) is 1. The zero-order valence-electron chi connectivity index (χ0n) is 10.8. The van der Waals surface area contributed by atoms with Gasteiger partial charge in [0, 0.05) is 11.8 Å². The quantitative estimate of drug-likeness (QED) is 0.666. The highest BCUT2D eigenvalue weighted by molar-refractivity contribution is 7.17. The van der Waals surface area contributed by atoms with Crippen molar-refractivity contribution in [1.29, 1.82) is 0 Å². The molecule has 0 bridgehead atoms. The minimum Gasteiger partial charge on any atom is -0.478 e. The van der Waals surface area contributed by atoms with Crippen molar-refractivity contribution in [3.63, 3.8) is 0 Å². The predicted molar refractivity (Wildman–Crippen MR) is 77.1 cm³/mol. The summed E-state index contributed by atoms with van der Waals surface area (Å²) in [5.41, 5.74) is 0.866. The summed E-state index contributed by atoms with van der Waals surface area (Å²) in [6.07, 6.45) is 0. The number of nitro groups is 1. The first kappa shape index (κ1) is 14.7. The van der Waals surface area contributed by atoms with Crippen LogP contribution in [-0.2, 0) is 0 Å². The Balaban J connectivity index is 2.25. The molecular formula is C13H10N2O5S. The van der Waals surface area contributed by atoms with Gasteiger partial charge in [0.05, 0.1) is 15.4 Å². The molecule has 0 aliphatic rings. The van der Waals surface area contributed by atoms with Gasteiger partial charge in [-0.25, -0.2) is 4.79 Å². The number of benzene rings is 1. The van der Waals surface area contributed by atoms with Crippen molar-refractivity contribution >= 4 is 33.9 Å². The van der Waals surface area contributed by atoms with Crippen LogP contribution >= 0.6 is 11.3 Å². The van der Waals surface area contributed by atoms with Crippen molar-refractivity contribution < 1.29 is 19.6 Å². The second-order valence-corrected chi connectivity index (χ2v) is 5.19. The summed E-state index contributed by atoms with van der Waals surface area (Å²) in [6, 6.07) is 7.13. The maximum Gasteiger partial charge on any atom is 0.336 e. The molecule has 21 heavy (non-hydrogen) atoms. The van der Waals surface area contributed by atoms with Gasteiger partial charge >= 0.3 is 11.0 Å². The van der Waals surface area contributed by atoms with Gasteiger partial charge in [-0.1, -0.05) is 17.4 Å². The number of thiophene rings is 1. The smallest absolute Gasteiger partial charge is 0.336 e. The van der Waals surface area contributed by atoms with E-state index in [0.717, 1.165) is 11.3 Å². The van der Waals surface area contributed by atoms with Crippen LogP contribution in [0.2, 0.25) is 0 Å². The van der Waals surface area contributed by atoms with Crippen molar-refractivity contribution in [3.8, 4) is 0 Å². The Hall–Kier alpha value is -2.74. The monoisotopic (exact) mass is 306 g/mol. The summed E-state index contributed by atoms with van der Waals surface area (Å²) in [6.45, 7) is 1.58. The minimum atomic E-state index is -1.09. The zero-order chi connectivity index (χ0) is 15.6. The van der Waals surface area contributed by atoms with Gasteiger partial charge in [0.2, 0.25) is 0 Å². The summed E-state index contributed by atoms with van der Waals surface area (Å²) in [4.78, 5) is 33.2. The van der Waals surface area contributed by atoms with E-state index in [2.05, 4.69) is 5.32 Å². The Morgan fingerprint density at radius 3 is 2.57 bits per heavy atom. The largest absolute Gasteiger partial charge is 0.478 e. The van der Waals surface area contributed by atoms with E-state index in [1.54, 1.807) is 13.0 Å². The van der Waals surface area contributed by atoms with Gasteiger partial charge in [0.15, 0.2) is 0 Å². The van der Waals surface area contributed by atoms with Gasteiger partial charge in [0.1, 0.15) is 0 Å². The van der Waals surface area contributed by atoms with Gasteiger partial charge in [-0.15, -0.1) is 0 Å². The van der Waals surface area contributed by atoms with Gasteiger partial charge in [0.25, 0.3) is 5.91 Å². The molecule has 8 heteroatoms. The molecular weight excluding hydrogens is 296 g/mol. The van der Waals surface area contributed by atoms with E-state index in [4.69, 9.17) is 5.11 Å². The van der Waals surface area contributed by atoms with E-state index in [-0.39, 0.29) is 15.4 Å². The van der Waals surface area contributed by atoms with Gasteiger partial charge in [-0.05, 0) is 30.7 Å². The maximum absolute atomic E-state index is 12.0. The molecule has 0 aliphatic heterocycles. The first-order valence-electron chi connectivity index (χ1n) is 5.78. The van der Waals surface area contributed by atoms with Crippen molar-refractivity contribution in [2.45, 2.75) is 6.92 Å². The molecule has 0 saturated carbocycles. The number of carboxylic acids is 1. The van der Waals surface area contributed by atoms with E-state index in [9.17, 15) is 19.7 Å². The highest BCUT2D eigenvalue weighted by Gasteiger charge is 2.17. The summed E-state index contributed by atoms with van der Waals surface area (Å²) in [5.74, 6) is -1.60. The molecule has 1 aromatic carbocycles. The van der Waals surface area contributed by atoms with Crippen LogP contribution in [0.4, 0.5) is 10.7 Å². The highest BCUT2D eigenvalue weighted by Crippen LogP contribution is 2.26. The molecule has 2 aromatic rings. The molecule has 0 fully saturated rings. The van der Waals surface area contributed by atoms with Gasteiger partial charge in [-0.3, -0.25) is 14.9 Å². The second-order valence-electron chi connectivity index (χ2n) is 4.13. The molecule has 7 nitrogen and oxygen atoms in total. The number of aromatic carboxylic acids is 1. The van der Waals surface area contributed by atoms with Crippen molar-refractivity contribution in [2.24, 2.45) is 0 Å². The SMILES string of the molecule is Cc1c(NC(=O)c2ccc([N+](=O)[O-])s2)cccc1C(=O)O. The van der Waals surface area contributed by atoms with Crippen molar-refractivity contribution in [1.82, 2.24) is 0 Å². The third-order valence-electron chi connectivity index (χ3n) is 2.81. The number of carbonyl (C=O) groups excluding carboxylic acids is 1. The Kier molecular flexibility index (Phi) is 3.99. The molecule has 108 valence electrons. The fourth-order valence-corrected chi connectivity index (χ4v) is 2.45. The van der Waals surface area contributed by atoms with Crippen molar-refractivity contribution in [2.75, 3.05) is 5.32 Å². The highest BCUT2D eigenvalue weighted by atomic mass is 32.1. The van der Waals surface area contributed by atoms with E-state index < -0.39 is 16.8 Å². The number of nitrogens with zero attached hydrogens (tertiary/aromatic N) is 1. The summed E-state index contributed by atoms with van der Waals surface area (Å²) < 4.78 is 0. The fourth-order valence-electron chi connectivity index (χ4n) is 1.73. The van der Waals surface area contributed by atoms with Crippen molar-refractivity contribution in [3.05, 3.63) is 56.5 Å². The number of hydrogen-bond acceptors (Lipinski definition) is 5. The lowest BCUT2D eigenvalue weighted by Gasteiger charge is -2.09. The standard InChI is InChI=1S/C13H10N2O5S/c1-7-8(13(17)18)3-2-4-9(7)14-12(16)10-5-6-11(21-10)15(19)20/h2-6H,1H3,(H,14,16)(H,17,18). The molecule has 0 saturated heterocycles. The topological polar surface area (TPSA) is 110 Å². The van der Waals surface area contributed by atoms with Crippen LogP contribution in [0.25, 0.3) is 0 Å². The third-order valence-corrected chi connectivity index (χ3v) is 3.84. The summed E-state index contributed by atoms with van der Waals surface area (Å²) in [5, 5.41) is 22.0. The molecule has 0 spiro atoms. The zero-order valence-corrected chi connectivity index (χ0v) is 11.6. The Morgan fingerprint density at radius 2 is 2.00 bits per heavy atom. The van der Waals surface area contributed by atoms with Gasteiger partial charge < -0.3 is 10.4 Å². The second kappa shape index (κ2) is 5.71. The molecule has 1 aromatic heterocycles. The Morgan fingerprint density at radius 1 is 1.29 bits per heavy atom. The normalized spacial score (nSPS) is 10.1. The van der Waals surface area contributed by atoms with Crippen LogP contribution < -0.4 is 5.32 Å². The molecule has 0 aliphatic carbocycles. The lowest BCUT2D eigenvalue weighted by atomic mass is 10.1. The molecule has 0 unspecified atom stereocenters. The van der Waals surface area contributed by atoms with Crippen LogP contribution in [0.5, 0.6) is 0 Å². The van der Waals surface area contributed by atoms with Crippen LogP contribution in [0, 0.1) is 17.0 Å². The Labute approximate surface area is 123 Å². The molecule has 0 radical (unpaired) electrons. The molecule has 1 heterocycles. The predicted octanol–water partition coefficient (Wildman–Crippen LogP) is 2.92. The van der Waals surface area contributed by atoms with Crippen LogP contribution in [0.1, 0.15) is 25.6 Å². The molecule has 1 amide bonds. The molecule has 0 atom stereocenters. The lowest BCUT2D eigenvalue weighted by molar-refractivity contribution is -0.380. The average Bonchev–Trinajstić information content (AvgIpc) is 2.90. The lowest BCUT2D eigenvalue weighted by Crippen LogP contribution is -2.12. The van der Waals surface area contributed by atoms with E-state index >= 15 is 0 Å². The minimum absolute atomic E-state index is 0.0879. The first-order chi connectivity index (χ1) is 9.90.